The normalized spacial score (nSPS) is 31.9. The second-order valence-corrected chi connectivity index (χ2v) is 6.29. The van der Waals surface area contributed by atoms with Crippen LogP contribution in [-0.4, -0.2) is 24.3 Å². The van der Waals surface area contributed by atoms with E-state index in [1.807, 2.05) is 0 Å². The van der Waals surface area contributed by atoms with Gasteiger partial charge in [-0.3, -0.25) is 0 Å². The molecule has 0 aromatic rings. The molecule has 2 heteroatoms. The zero-order chi connectivity index (χ0) is 10.8. The predicted molar refractivity (Wildman–Crippen MR) is 60.3 cm³/mol. The van der Waals surface area contributed by atoms with E-state index in [4.69, 9.17) is 0 Å². The zero-order valence-corrected chi connectivity index (χ0v) is 10.1. The van der Waals surface area contributed by atoms with Crippen molar-refractivity contribution < 1.29 is 5.11 Å². The molecule has 1 rings (SSSR count). The third-order valence-corrected chi connectivity index (χ3v) is 3.21. The van der Waals surface area contributed by atoms with Gasteiger partial charge in [0.05, 0.1) is 6.61 Å². The Morgan fingerprint density at radius 2 is 1.86 bits per heavy atom. The summed E-state index contributed by atoms with van der Waals surface area (Å²) in [5.41, 5.74) is 0.765. The van der Waals surface area contributed by atoms with Crippen molar-refractivity contribution in [1.29, 1.82) is 0 Å². The van der Waals surface area contributed by atoms with Gasteiger partial charge in [-0.05, 0) is 36.6 Å². The van der Waals surface area contributed by atoms with Crippen molar-refractivity contribution in [2.45, 2.75) is 53.0 Å². The lowest BCUT2D eigenvalue weighted by molar-refractivity contribution is 0.110. The van der Waals surface area contributed by atoms with E-state index >= 15 is 0 Å². The molecule has 0 amide bonds. The fourth-order valence-corrected chi connectivity index (χ4v) is 2.94. The highest BCUT2D eigenvalue weighted by Crippen LogP contribution is 2.40. The maximum Gasteiger partial charge on any atom is 0.0584 e. The highest BCUT2D eigenvalue weighted by atomic mass is 16.3. The second kappa shape index (κ2) is 4.19. The van der Waals surface area contributed by atoms with Crippen LogP contribution in [0.5, 0.6) is 0 Å². The van der Waals surface area contributed by atoms with Crippen LogP contribution in [-0.2, 0) is 0 Å². The van der Waals surface area contributed by atoms with E-state index in [1.165, 1.54) is 12.8 Å². The first-order valence-corrected chi connectivity index (χ1v) is 5.69. The van der Waals surface area contributed by atoms with E-state index < -0.39 is 0 Å². The predicted octanol–water partition coefficient (Wildman–Crippen LogP) is 2.17. The fourth-order valence-electron chi connectivity index (χ4n) is 2.94. The number of rotatable bonds is 1. The van der Waals surface area contributed by atoms with E-state index in [0.717, 1.165) is 13.0 Å². The van der Waals surface area contributed by atoms with Crippen LogP contribution in [0.25, 0.3) is 0 Å². The molecule has 2 nitrogen and oxygen atoms in total. The molecule has 0 aromatic heterocycles. The number of hydrogen-bond acceptors (Lipinski definition) is 2. The van der Waals surface area contributed by atoms with E-state index in [1.54, 1.807) is 0 Å². The molecule has 84 valence electrons. The lowest BCUT2D eigenvalue weighted by Crippen LogP contribution is -2.42. The molecule has 0 unspecified atom stereocenters. The van der Waals surface area contributed by atoms with Gasteiger partial charge in [0.2, 0.25) is 0 Å². The average Bonchev–Trinajstić information content (AvgIpc) is 1.97. The SMILES string of the molecule is CC1(C)CCN[C@H](CO)CC(C)(C)C1. The van der Waals surface area contributed by atoms with Crippen LogP contribution in [0.1, 0.15) is 47.0 Å². The third kappa shape index (κ3) is 3.58. The van der Waals surface area contributed by atoms with Crippen molar-refractivity contribution in [3.8, 4) is 0 Å². The molecule has 0 aromatic carbocycles. The highest BCUT2D eigenvalue weighted by Gasteiger charge is 2.32. The molecule has 1 aliphatic rings. The molecule has 0 saturated carbocycles. The van der Waals surface area contributed by atoms with Gasteiger partial charge < -0.3 is 10.4 Å². The Kier molecular flexibility index (Phi) is 3.59. The van der Waals surface area contributed by atoms with Gasteiger partial charge in [-0.1, -0.05) is 27.7 Å². The summed E-state index contributed by atoms with van der Waals surface area (Å²) in [4.78, 5) is 0. The van der Waals surface area contributed by atoms with Crippen molar-refractivity contribution >= 4 is 0 Å². The molecule has 0 bridgehead atoms. The maximum atomic E-state index is 9.21. The lowest BCUT2D eigenvalue weighted by atomic mass is 9.69. The van der Waals surface area contributed by atoms with Crippen molar-refractivity contribution in [3.63, 3.8) is 0 Å². The molecular weight excluding hydrogens is 174 g/mol. The summed E-state index contributed by atoms with van der Waals surface area (Å²) in [7, 11) is 0. The van der Waals surface area contributed by atoms with Crippen LogP contribution >= 0.6 is 0 Å². The van der Waals surface area contributed by atoms with Gasteiger partial charge >= 0.3 is 0 Å². The molecule has 0 spiro atoms. The van der Waals surface area contributed by atoms with Crippen LogP contribution in [0.15, 0.2) is 0 Å². The van der Waals surface area contributed by atoms with E-state index in [-0.39, 0.29) is 6.61 Å². The average molecular weight is 199 g/mol. The smallest absolute Gasteiger partial charge is 0.0584 e. The molecule has 2 N–H and O–H groups in total. The van der Waals surface area contributed by atoms with Gasteiger partial charge in [0.25, 0.3) is 0 Å². The van der Waals surface area contributed by atoms with Crippen LogP contribution in [0.3, 0.4) is 0 Å². The minimum atomic E-state index is 0.268. The standard InChI is InChI=1S/C12H25NO/c1-11(2)5-6-13-10(8-14)7-12(3,4)9-11/h10,13-14H,5-9H2,1-4H3/t10-/m0/s1. The summed E-state index contributed by atoms with van der Waals surface area (Å²) in [5.74, 6) is 0. The first-order chi connectivity index (χ1) is 6.35. The molecule has 1 atom stereocenters. The van der Waals surface area contributed by atoms with E-state index in [2.05, 4.69) is 33.0 Å². The Hall–Kier alpha value is -0.0800. The van der Waals surface area contributed by atoms with Crippen molar-refractivity contribution in [3.05, 3.63) is 0 Å². The highest BCUT2D eigenvalue weighted by molar-refractivity contribution is 4.86. The third-order valence-electron chi connectivity index (χ3n) is 3.21. The van der Waals surface area contributed by atoms with Crippen LogP contribution < -0.4 is 5.32 Å². The van der Waals surface area contributed by atoms with Gasteiger partial charge in [-0.25, -0.2) is 0 Å². The van der Waals surface area contributed by atoms with Gasteiger partial charge in [0.1, 0.15) is 0 Å². The lowest BCUT2D eigenvalue weighted by Gasteiger charge is -2.40. The summed E-state index contributed by atoms with van der Waals surface area (Å²) < 4.78 is 0. The summed E-state index contributed by atoms with van der Waals surface area (Å²) >= 11 is 0. The van der Waals surface area contributed by atoms with Gasteiger partial charge in [0, 0.05) is 6.04 Å². The topological polar surface area (TPSA) is 32.3 Å². The molecule has 0 aliphatic carbocycles. The van der Waals surface area contributed by atoms with Gasteiger partial charge in [-0.15, -0.1) is 0 Å². The quantitative estimate of drug-likeness (QED) is 0.678. The fraction of sp³-hybridized carbons (Fsp3) is 1.00. The monoisotopic (exact) mass is 199 g/mol. The summed E-state index contributed by atoms with van der Waals surface area (Å²) in [6.45, 7) is 10.6. The van der Waals surface area contributed by atoms with Crippen molar-refractivity contribution in [2.75, 3.05) is 13.2 Å². The number of aliphatic hydroxyl groups excluding tert-OH is 1. The Labute approximate surface area is 88.1 Å². The van der Waals surface area contributed by atoms with Crippen LogP contribution in [0.4, 0.5) is 0 Å². The maximum absolute atomic E-state index is 9.21. The van der Waals surface area contributed by atoms with Crippen molar-refractivity contribution in [2.24, 2.45) is 10.8 Å². The van der Waals surface area contributed by atoms with Crippen LogP contribution in [0.2, 0.25) is 0 Å². The largest absolute Gasteiger partial charge is 0.395 e. The Balaban J connectivity index is 2.65. The molecule has 1 heterocycles. The minimum Gasteiger partial charge on any atom is -0.395 e. The first-order valence-electron chi connectivity index (χ1n) is 5.69. The number of hydrogen-bond donors (Lipinski definition) is 2. The number of nitrogens with one attached hydrogen (secondary N) is 1. The molecule has 1 aliphatic heterocycles. The first kappa shape index (κ1) is 12.0. The molecule has 1 fully saturated rings. The van der Waals surface area contributed by atoms with E-state index in [0.29, 0.717) is 16.9 Å². The zero-order valence-electron chi connectivity index (χ0n) is 10.1. The minimum absolute atomic E-state index is 0.268. The summed E-state index contributed by atoms with van der Waals surface area (Å²) in [6.07, 6.45) is 3.53. The molecule has 0 radical (unpaired) electrons. The molecular formula is C12H25NO. The van der Waals surface area contributed by atoms with Crippen LogP contribution in [0, 0.1) is 10.8 Å². The molecule has 1 saturated heterocycles. The number of aliphatic hydroxyl groups is 1. The second-order valence-electron chi connectivity index (χ2n) is 6.29. The Bertz CT molecular complexity index is 187. The van der Waals surface area contributed by atoms with Gasteiger partial charge in [-0.2, -0.15) is 0 Å². The van der Waals surface area contributed by atoms with Gasteiger partial charge in [0.15, 0.2) is 0 Å². The molecule has 14 heavy (non-hydrogen) atoms. The van der Waals surface area contributed by atoms with E-state index in [9.17, 15) is 5.11 Å². The Morgan fingerprint density at radius 1 is 1.21 bits per heavy atom. The summed E-state index contributed by atoms with van der Waals surface area (Å²) in [5, 5.41) is 12.6. The van der Waals surface area contributed by atoms with Crippen molar-refractivity contribution in [1.82, 2.24) is 5.32 Å². The summed E-state index contributed by atoms with van der Waals surface area (Å²) in [6, 6.07) is 0.293. The Morgan fingerprint density at radius 3 is 2.43 bits per heavy atom.